The zero-order valence-corrected chi connectivity index (χ0v) is 8.33. The topological polar surface area (TPSA) is 32.3 Å². The largest absolute Gasteiger partial charge is 0.395 e. The lowest BCUT2D eigenvalue weighted by Gasteiger charge is -2.13. The van der Waals surface area contributed by atoms with Gasteiger partial charge in [-0.05, 0) is 24.1 Å². The van der Waals surface area contributed by atoms with Gasteiger partial charge in [0.1, 0.15) is 5.82 Å². The van der Waals surface area contributed by atoms with Gasteiger partial charge in [0.05, 0.1) is 6.61 Å². The Bertz CT molecular complexity index is 274. The average molecular weight is 197 g/mol. The van der Waals surface area contributed by atoms with Crippen molar-refractivity contribution in [3.8, 4) is 0 Å². The van der Waals surface area contributed by atoms with Crippen LogP contribution in [0.3, 0.4) is 0 Å². The van der Waals surface area contributed by atoms with Crippen molar-refractivity contribution < 1.29 is 9.50 Å². The standard InChI is InChI=1S/C11H16FNO/c1-2-11(8-14)13-7-9-4-3-5-10(12)6-9/h3-6,11,13-14H,2,7-8H2,1H3/t11-/m1/s1. The Balaban J connectivity index is 2.44. The van der Waals surface area contributed by atoms with Crippen LogP contribution in [0.15, 0.2) is 24.3 Å². The summed E-state index contributed by atoms with van der Waals surface area (Å²) in [4.78, 5) is 0. The van der Waals surface area contributed by atoms with Crippen molar-refractivity contribution in [1.29, 1.82) is 0 Å². The zero-order valence-electron chi connectivity index (χ0n) is 8.33. The summed E-state index contributed by atoms with van der Waals surface area (Å²) < 4.78 is 12.8. The lowest BCUT2D eigenvalue weighted by molar-refractivity contribution is 0.238. The lowest BCUT2D eigenvalue weighted by Crippen LogP contribution is -2.31. The third-order valence-corrected chi connectivity index (χ3v) is 2.20. The molecule has 2 nitrogen and oxygen atoms in total. The highest BCUT2D eigenvalue weighted by Gasteiger charge is 2.03. The number of nitrogens with one attached hydrogen (secondary N) is 1. The van der Waals surface area contributed by atoms with Gasteiger partial charge in [-0.25, -0.2) is 4.39 Å². The molecule has 1 rings (SSSR count). The summed E-state index contributed by atoms with van der Waals surface area (Å²) in [6, 6.07) is 6.56. The van der Waals surface area contributed by atoms with E-state index in [9.17, 15) is 4.39 Å². The van der Waals surface area contributed by atoms with Gasteiger partial charge >= 0.3 is 0 Å². The molecule has 0 bridgehead atoms. The molecular formula is C11H16FNO. The van der Waals surface area contributed by atoms with Gasteiger partial charge < -0.3 is 10.4 Å². The molecule has 0 heterocycles. The molecule has 1 atom stereocenters. The van der Waals surface area contributed by atoms with Crippen LogP contribution in [0.4, 0.5) is 4.39 Å². The molecule has 2 N–H and O–H groups in total. The summed E-state index contributed by atoms with van der Waals surface area (Å²) in [7, 11) is 0. The third kappa shape index (κ3) is 3.44. The molecule has 1 aromatic rings. The van der Waals surface area contributed by atoms with Crippen molar-refractivity contribution in [2.45, 2.75) is 25.9 Å². The highest BCUT2D eigenvalue weighted by molar-refractivity contribution is 5.16. The van der Waals surface area contributed by atoms with Crippen molar-refractivity contribution in [2.75, 3.05) is 6.61 Å². The van der Waals surface area contributed by atoms with Crippen molar-refractivity contribution >= 4 is 0 Å². The number of halogens is 1. The van der Waals surface area contributed by atoms with Crippen LogP contribution in [0, 0.1) is 5.82 Å². The van der Waals surface area contributed by atoms with E-state index in [1.54, 1.807) is 6.07 Å². The summed E-state index contributed by atoms with van der Waals surface area (Å²) in [6.07, 6.45) is 0.867. The van der Waals surface area contributed by atoms with E-state index in [0.717, 1.165) is 12.0 Å². The maximum absolute atomic E-state index is 12.8. The Hall–Kier alpha value is -0.930. The van der Waals surface area contributed by atoms with Crippen molar-refractivity contribution in [3.05, 3.63) is 35.6 Å². The van der Waals surface area contributed by atoms with Gasteiger partial charge in [-0.3, -0.25) is 0 Å². The molecule has 78 valence electrons. The normalized spacial score (nSPS) is 12.8. The van der Waals surface area contributed by atoms with Gasteiger partial charge in [-0.2, -0.15) is 0 Å². The Labute approximate surface area is 83.8 Å². The fourth-order valence-electron chi connectivity index (χ4n) is 1.25. The summed E-state index contributed by atoms with van der Waals surface area (Å²) in [6.45, 7) is 2.71. The van der Waals surface area contributed by atoms with E-state index in [-0.39, 0.29) is 18.5 Å². The van der Waals surface area contributed by atoms with Crippen LogP contribution in [0.1, 0.15) is 18.9 Å². The first kappa shape index (κ1) is 11.1. The quantitative estimate of drug-likeness (QED) is 0.752. The summed E-state index contributed by atoms with van der Waals surface area (Å²) >= 11 is 0. The molecular weight excluding hydrogens is 181 g/mol. The molecule has 1 aromatic carbocycles. The number of aliphatic hydroxyl groups is 1. The second kappa shape index (κ2) is 5.73. The molecule has 3 heteroatoms. The highest BCUT2D eigenvalue weighted by atomic mass is 19.1. The van der Waals surface area contributed by atoms with Crippen LogP contribution in [-0.4, -0.2) is 17.8 Å². The second-order valence-corrected chi connectivity index (χ2v) is 3.30. The smallest absolute Gasteiger partial charge is 0.123 e. The van der Waals surface area contributed by atoms with Crippen LogP contribution < -0.4 is 5.32 Å². The maximum Gasteiger partial charge on any atom is 0.123 e. The Morgan fingerprint density at radius 1 is 1.50 bits per heavy atom. The van der Waals surface area contributed by atoms with Crippen LogP contribution in [0.25, 0.3) is 0 Å². The minimum Gasteiger partial charge on any atom is -0.395 e. The maximum atomic E-state index is 12.8. The predicted octanol–water partition coefficient (Wildman–Crippen LogP) is 1.69. The van der Waals surface area contributed by atoms with Crippen LogP contribution in [0.5, 0.6) is 0 Å². The van der Waals surface area contributed by atoms with Crippen LogP contribution >= 0.6 is 0 Å². The first-order valence-electron chi connectivity index (χ1n) is 4.85. The molecule has 0 aliphatic carbocycles. The van der Waals surface area contributed by atoms with Gasteiger partial charge in [-0.1, -0.05) is 19.1 Å². The van der Waals surface area contributed by atoms with E-state index in [4.69, 9.17) is 5.11 Å². The number of aliphatic hydroxyl groups excluding tert-OH is 1. The van der Waals surface area contributed by atoms with Crippen LogP contribution in [0.2, 0.25) is 0 Å². The predicted molar refractivity (Wildman–Crippen MR) is 54.4 cm³/mol. The second-order valence-electron chi connectivity index (χ2n) is 3.30. The fourth-order valence-corrected chi connectivity index (χ4v) is 1.25. The minimum absolute atomic E-state index is 0.0956. The molecule has 0 spiro atoms. The first-order valence-corrected chi connectivity index (χ1v) is 4.85. The Morgan fingerprint density at radius 3 is 2.86 bits per heavy atom. The van der Waals surface area contributed by atoms with Crippen molar-refractivity contribution in [1.82, 2.24) is 5.32 Å². The van der Waals surface area contributed by atoms with Gasteiger partial charge in [-0.15, -0.1) is 0 Å². The molecule has 14 heavy (non-hydrogen) atoms. The molecule has 0 saturated carbocycles. The number of rotatable bonds is 5. The molecule has 0 saturated heterocycles. The number of benzene rings is 1. The minimum atomic E-state index is -0.221. The molecule has 0 aliphatic rings. The summed E-state index contributed by atoms with van der Waals surface area (Å²) in [5.41, 5.74) is 0.900. The summed E-state index contributed by atoms with van der Waals surface area (Å²) in [5.74, 6) is -0.221. The number of hydrogen-bond acceptors (Lipinski definition) is 2. The van der Waals surface area contributed by atoms with E-state index >= 15 is 0 Å². The molecule has 0 aromatic heterocycles. The molecule has 0 amide bonds. The van der Waals surface area contributed by atoms with Gasteiger partial charge in [0.15, 0.2) is 0 Å². The molecule has 0 radical (unpaired) electrons. The third-order valence-electron chi connectivity index (χ3n) is 2.20. The van der Waals surface area contributed by atoms with Crippen molar-refractivity contribution in [2.24, 2.45) is 0 Å². The monoisotopic (exact) mass is 197 g/mol. The van der Waals surface area contributed by atoms with E-state index < -0.39 is 0 Å². The number of hydrogen-bond donors (Lipinski definition) is 2. The lowest BCUT2D eigenvalue weighted by atomic mass is 10.2. The summed E-state index contributed by atoms with van der Waals surface area (Å²) in [5, 5.41) is 12.1. The van der Waals surface area contributed by atoms with Crippen LogP contribution in [-0.2, 0) is 6.54 Å². The Morgan fingerprint density at radius 2 is 2.29 bits per heavy atom. The molecule has 0 fully saturated rings. The average Bonchev–Trinajstić information content (AvgIpc) is 2.19. The Kier molecular flexibility index (Phi) is 4.56. The van der Waals surface area contributed by atoms with E-state index in [0.29, 0.717) is 6.54 Å². The van der Waals surface area contributed by atoms with Crippen molar-refractivity contribution in [3.63, 3.8) is 0 Å². The van der Waals surface area contributed by atoms with E-state index in [1.807, 2.05) is 13.0 Å². The fraction of sp³-hybridized carbons (Fsp3) is 0.455. The van der Waals surface area contributed by atoms with E-state index in [1.165, 1.54) is 12.1 Å². The first-order chi connectivity index (χ1) is 6.76. The van der Waals surface area contributed by atoms with Gasteiger partial charge in [0.25, 0.3) is 0 Å². The SMILES string of the molecule is CC[C@H](CO)NCc1cccc(F)c1. The van der Waals surface area contributed by atoms with E-state index in [2.05, 4.69) is 5.32 Å². The van der Waals surface area contributed by atoms with Gasteiger partial charge in [0, 0.05) is 12.6 Å². The molecule has 0 unspecified atom stereocenters. The highest BCUT2D eigenvalue weighted by Crippen LogP contribution is 2.03. The molecule has 0 aliphatic heterocycles. The zero-order chi connectivity index (χ0) is 10.4. The van der Waals surface area contributed by atoms with Gasteiger partial charge in [0.2, 0.25) is 0 Å².